The molecule has 0 fully saturated rings. The summed E-state index contributed by atoms with van der Waals surface area (Å²) in [5, 5.41) is 10.1. The topological polar surface area (TPSA) is 29.5 Å². The van der Waals surface area contributed by atoms with Gasteiger partial charge >= 0.3 is 0 Å². The van der Waals surface area contributed by atoms with E-state index >= 15 is 0 Å². The van der Waals surface area contributed by atoms with E-state index in [-0.39, 0.29) is 0 Å². The molecule has 2 heteroatoms. The minimum atomic E-state index is -0.531. The van der Waals surface area contributed by atoms with Crippen molar-refractivity contribution in [2.24, 2.45) is 11.8 Å². The van der Waals surface area contributed by atoms with Crippen molar-refractivity contribution in [3.63, 3.8) is 0 Å². The third-order valence-electron chi connectivity index (χ3n) is 3.55. The van der Waals surface area contributed by atoms with Crippen molar-refractivity contribution in [2.45, 2.75) is 85.4 Å². The van der Waals surface area contributed by atoms with Gasteiger partial charge in [0.2, 0.25) is 0 Å². The molecule has 0 radical (unpaired) electrons. The molecule has 1 N–H and O–H groups in total. The summed E-state index contributed by atoms with van der Waals surface area (Å²) in [4.78, 5) is 0. The highest BCUT2D eigenvalue weighted by atomic mass is 16.5. The van der Waals surface area contributed by atoms with Gasteiger partial charge in [-0.15, -0.1) is 0 Å². The summed E-state index contributed by atoms with van der Waals surface area (Å²) in [5.74, 6) is 1.35. The first-order valence-electron chi connectivity index (χ1n) is 7.60. The Morgan fingerprint density at radius 1 is 1.06 bits per heavy atom. The van der Waals surface area contributed by atoms with Crippen LogP contribution in [0.3, 0.4) is 0 Å². The van der Waals surface area contributed by atoms with Gasteiger partial charge in [0.25, 0.3) is 0 Å². The Morgan fingerprint density at radius 3 is 2.11 bits per heavy atom. The van der Waals surface area contributed by atoms with Crippen LogP contribution in [0.5, 0.6) is 0 Å². The second-order valence-electron chi connectivity index (χ2n) is 6.69. The smallest absolute Gasteiger partial charge is 0.0618 e. The van der Waals surface area contributed by atoms with Gasteiger partial charge in [-0.1, -0.05) is 34.6 Å². The maximum atomic E-state index is 10.1. The van der Waals surface area contributed by atoms with Crippen molar-refractivity contribution in [3.8, 4) is 0 Å². The number of aliphatic hydroxyl groups is 1. The Hall–Kier alpha value is -0.0800. The fourth-order valence-corrected chi connectivity index (χ4v) is 1.91. The average molecular weight is 258 g/mol. The molecule has 0 aliphatic rings. The van der Waals surface area contributed by atoms with Crippen LogP contribution in [0.2, 0.25) is 0 Å². The van der Waals surface area contributed by atoms with Crippen LogP contribution in [0.1, 0.15) is 73.6 Å². The van der Waals surface area contributed by atoms with E-state index in [1.54, 1.807) is 0 Å². The molecule has 0 rings (SSSR count). The summed E-state index contributed by atoms with van der Waals surface area (Å²) in [6.45, 7) is 13.7. The molecule has 0 saturated carbocycles. The van der Waals surface area contributed by atoms with Crippen LogP contribution in [-0.2, 0) is 4.74 Å². The van der Waals surface area contributed by atoms with Gasteiger partial charge in [0, 0.05) is 6.61 Å². The van der Waals surface area contributed by atoms with E-state index in [4.69, 9.17) is 4.74 Å². The number of rotatable bonds is 10. The molecule has 0 aromatic rings. The maximum absolute atomic E-state index is 10.1. The lowest BCUT2D eigenvalue weighted by Gasteiger charge is -2.26. The molecule has 2 unspecified atom stereocenters. The highest BCUT2D eigenvalue weighted by Crippen LogP contribution is 2.22. The molecule has 0 aromatic heterocycles. The predicted octanol–water partition coefficient (Wildman–Crippen LogP) is 4.41. The van der Waals surface area contributed by atoms with Crippen LogP contribution in [-0.4, -0.2) is 23.4 Å². The normalized spacial score (nSPS) is 17.2. The van der Waals surface area contributed by atoms with E-state index in [2.05, 4.69) is 27.7 Å². The van der Waals surface area contributed by atoms with Crippen LogP contribution in [0.25, 0.3) is 0 Å². The number of ether oxygens (including phenoxy) is 1. The summed E-state index contributed by atoms with van der Waals surface area (Å²) < 4.78 is 5.99. The first-order valence-corrected chi connectivity index (χ1v) is 7.60. The van der Waals surface area contributed by atoms with Crippen molar-refractivity contribution in [3.05, 3.63) is 0 Å². The lowest BCUT2D eigenvalue weighted by Crippen LogP contribution is -2.26. The van der Waals surface area contributed by atoms with Gasteiger partial charge in [0.05, 0.1) is 11.7 Å². The SMILES string of the molecule is CCC(C)(O)CCC(CC(C)C)OCCC(C)C. The van der Waals surface area contributed by atoms with Crippen molar-refractivity contribution in [2.75, 3.05) is 6.61 Å². The Kier molecular flexibility index (Phi) is 8.89. The number of hydrogen-bond donors (Lipinski definition) is 1. The van der Waals surface area contributed by atoms with E-state index in [1.165, 1.54) is 0 Å². The van der Waals surface area contributed by atoms with Crippen LogP contribution < -0.4 is 0 Å². The summed E-state index contributed by atoms with van der Waals surface area (Å²) in [7, 11) is 0. The molecule has 0 aliphatic heterocycles. The molecule has 0 spiro atoms. The third kappa shape index (κ3) is 9.90. The van der Waals surface area contributed by atoms with Gasteiger partial charge in [-0.05, 0) is 50.9 Å². The average Bonchev–Trinajstić information content (AvgIpc) is 2.24. The van der Waals surface area contributed by atoms with Crippen molar-refractivity contribution in [1.82, 2.24) is 0 Å². The zero-order valence-corrected chi connectivity index (χ0v) is 13.3. The van der Waals surface area contributed by atoms with E-state index in [1.807, 2.05) is 13.8 Å². The van der Waals surface area contributed by atoms with E-state index in [0.29, 0.717) is 17.9 Å². The van der Waals surface area contributed by atoms with E-state index in [0.717, 1.165) is 38.7 Å². The molecule has 0 bridgehead atoms. The second-order valence-corrected chi connectivity index (χ2v) is 6.69. The summed E-state index contributed by atoms with van der Waals surface area (Å²) in [6.07, 6.45) is 5.14. The molecule has 18 heavy (non-hydrogen) atoms. The van der Waals surface area contributed by atoms with Crippen LogP contribution >= 0.6 is 0 Å². The zero-order chi connectivity index (χ0) is 14.2. The molecule has 110 valence electrons. The molecule has 0 aliphatic carbocycles. The van der Waals surface area contributed by atoms with Crippen molar-refractivity contribution >= 4 is 0 Å². The fraction of sp³-hybridized carbons (Fsp3) is 1.00. The first kappa shape index (κ1) is 17.9. The Balaban J connectivity index is 4.06. The molecular weight excluding hydrogens is 224 g/mol. The Bertz CT molecular complexity index is 197. The minimum Gasteiger partial charge on any atom is -0.390 e. The molecule has 0 heterocycles. The number of hydrogen-bond acceptors (Lipinski definition) is 2. The molecule has 0 amide bonds. The second kappa shape index (κ2) is 8.92. The quantitative estimate of drug-likeness (QED) is 0.629. The van der Waals surface area contributed by atoms with Gasteiger partial charge in [-0.3, -0.25) is 0 Å². The largest absolute Gasteiger partial charge is 0.390 e. The molecular formula is C16H34O2. The standard InChI is InChI=1S/C16H34O2/c1-7-16(6,17)10-8-15(12-14(4)5)18-11-9-13(2)3/h13-15,17H,7-12H2,1-6H3. The Labute approximate surface area is 114 Å². The minimum absolute atomic E-state index is 0.307. The maximum Gasteiger partial charge on any atom is 0.0618 e. The Morgan fingerprint density at radius 2 is 1.67 bits per heavy atom. The summed E-state index contributed by atoms with van der Waals surface area (Å²) in [6, 6.07) is 0. The summed E-state index contributed by atoms with van der Waals surface area (Å²) in [5.41, 5.74) is -0.531. The van der Waals surface area contributed by atoms with Crippen LogP contribution in [0, 0.1) is 11.8 Å². The van der Waals surface area contributed by atoms with Crippen LogP contribution in [0.4, 0.5) is 0 Å². The van der Waals surface area contributed by atoms with Crippen molar-refractivity contribution < 1.29 is 9.84 Å². The van der Waals surface area contributed by atoms with Gasteiger partial charge in [0.15, 0.2) is 0 Å². The zero-order valence-electron chi connectivity index (χ0n) is 13.3. The monoisotopic (exact) mass is 258 g/mol. The lowest BCUT2D eigenvalue weighted by molar-refractivity contribution is -0.00636. The fourth-order valence-electron chi connectivity index (χ4n) is 1.91. The van der Waals surface area contributed by atoms with Crippen molar-refractivity contribution in [1.29, 1.82) is 0 Å². The molecule has 0 aromatic carbocycles. The predicted molar refractivity (Wildman–Crippen MR) is 78.8 cm³/mol. The lowest BCUT2D eigenvalue weighted by atomic mass is 9.92. The first-order chi connectivity index (χ1) is 8.26. The molecule has 2 atom stereocenters. The molecule has 0 saturated heterocycles. The van der Waals surface area contributed by atoms with Gasteiger partial charge in [-0.25, -0.2) is 0 Å². The van der Waals surface area contributed by atoms with Gasteiger partial charge < -0.3 is 9.84 Å². The molecule has 2 nitrogen and oxygen atoms in total. The highest BCUT2D eigenvalue weighted by Gasteiger charge is 2.21. The highest BCUT2D eigenvalue weighted by molar-refractivity contribution is 4.73. The van der Waals surface area contributed by atoms with Crippen LogP contribution in [0.15, 0.2) is 0 Å². The van der Waals surface area contributed by atoms with E-state index < -0.39 is 5.60 Å². The third-order valence-corrected chi connectivity index (χ3v) is 3.55. The summed E-state index contributed by atoms with van der Waals surface area (Å²) >= 11 is 0. The van der Waals surface area contributed by atoms with Gasteiger partial charge in [0.1, 0.15) is 0 Å². The van der Waals surface area contributed by atoms with Gasteiger partial charge in [-0.2, -0.15) is 0 Å². The van der Waals surface area contributed by atoms with E-state index in [9.17, 15) is 5.11 Å².